The van der Waals surface area contributed by atoms with E-state index in [0.717, 1.165) is 47.2 Å². The number of piperidine rings is 1. The number of anilines is 1. The number of carbonyl (C=O) groups excluding carboxylic acids is 1. The number of nitrogens with one attached hydrogen (secondary N) is 2. The van der Waals surface area contributed by atoms with Gasteiger partial charge in [0, 0.05) is 22.0 Å². The highest BCUT2D eigenvalue weighted by Gasteiger charge is 2.20. The summed E-state index contributed by atoms with van der Waals surface area (Å²) in [5.41, 5.74) is 0.852. The number of carbonyl (C=O) groups is 1. The Morgan fingerprint density at radius 3 is 2.38 bits per heavy atom. The standard InChI is InChI=1S/C19H22N2O2S/c1-23-16-6-10-18(11-7-16)24-17-8-4-15(5-9-17)21-19(22)14-3-2-12-20-13-14/h4-11,14,20H,2-3,12-13H2,1H3,(H,21,22). The van der Waals surface area contributed by atoms with Crippen molar-refractivity contribution in [2.75, 3.05) is 25.5 Å². The van der Waals surface area contributed by atoms with Gasteiger partial charge in [0.2, 0.25) is 5.91 Å². The fourth-order valence-electron chi connectivity index (χ4n) is 2.71. The van der Waals surface area contributed by atoms with Crippen LogP contribution in [-0.2, 0) is 4.79 Å². The highest BCUT2D eigenvalue weighted by Crippen LogP contribution is 2.29. The zero-order valence-electron chi connectivity index (χ0n) is 13.7. The summed E-state index contributed by atoms with van der Waals surface area (Å²) in [7, 11) is 1.67. The topological polar surface area (TPSA) is 50.4 Å². The smallest absolute Gasteiger partial charge is 0.228 e. The minimum atomic E-state index is 0.0760. The molecule has 1 heterocycles. The fraction of sp³-hybridized carbons (Fsp3) is 0.316. The van der Waals surface area contributed by atoms with E-state index in [1.807, 2.05) is 48.5 Å². The van der Waals surface area contributed by atoms with Crippen molar-refractivity contribution in [3.63, 3.8) is 0 Å². The Kier molecular flexibility index (Phi) is 5.77. The molecule has 1 aliphatic rings. The van der Waals surface area contributed by atoms with Crippen molar-refractivity contribution < 1.29 is 9.53 Å². The van der Waals surface area contributed by atoms with E-state index in [1.165, 1.54) is 0 Å². The lowest BCUT2D eigenvalue weighted by Crippen LogP contribution is -2.37. The van der Waals surface area contributed by atoms with Gasteiger partial charge in [-0.25, -0.2) is 0 Å². The third kappa shape index (κ3) is 4.52. The average Bonchev–Trinajstić information content (AvgIpc) is 2.65. The Morgan fingerprint density at radius 2 is 1.79 bits per heavy atom. The molecule has 0 aromatic heterocycles. The predicted molar refractivity (Wildman–Crippen MR) is 97.8 cm³/mol. The van der Waals surface area contributed by atoms with E-state index in [2.05, 4.69) is 10.6 Å². The van der Waals surface area contributed by atoms with Crippen LogP contribution in [0.4, 0.5) is 5.69 Å². The van der Waals surface area contributed by atoms with Crippen LogP contribution in [-0.4, -0.2) is 26.1 Å². The molecule has 1 unspecified atom stereocenters. The molecule has 4 nitrogen and oxygen atoms in total. The van der Waals surface area contributed by atoms with Gasteiger partial charge in [-0.2, -0.15) is 0 Å². The first-order valence-electron chi connectivity index (χ1n) is 8.18. The van der Waals surface area contributed by atoms with Crippen molar-refractivity contribution in [2.45, 2.75) is 22.6 Å². The second-order valence-corrected chi connectivity index (χ2v) is 6.98. The third-order valence-corrected chi connectivity index (χ3v) is 5.10. The highest BCUT2D eigenvalue weighted by atomic mass is 32.2. The molecule has 1 saturated heterocycles. The molecule has 2 aromatic carbocycles. The van der Waals surface area contributed by atoms with Gasteiger partial charge in [-0.05, 0) is 67.9 Å². The zero-order chi connectivity index (χ0) is 16.8. The maximum Gasteiger partial charge on any atom is 0.228 e. The van der Waals surface area contributed by atoms with Crippen LogP contribution >= 0.6 is 11.8 Å². The van der Waals surface area contributed by atoms with Crippen LogP contribution in [0.2, 0.25) is 0 Å². The monoisotopic (exact) mass is 342 g/mol. The summed E-state index contributed by atoms with van der Waals surface area (Å²) >= 11 is 1.68. The molecular formula is C19H22N2O2S. The number of rotatable bonds is 5. The molecule has 0 radical (unpaired) electrons. The maximum atomic E-state index is 12.2. The summed E-state index contributed by atoms with van der Waals surface area (Å²) < 4.78 is 5.17. The van der Waals surface area contributed by atoms with Crippen molar-refractivity contribution in [1.82, 2.24) is 5.32 Å². The number of hydrogen-bond acceptors (Lipinski definition) is 4. The van der Waals surface area contributed by atoms with Gasteiger partial charge in [0.05, 0.1) is 13.0 Å². The first-order valence-corrected chi connectivity index (χ1v) is 9.00. The quantitative estimate of drug-likeness (QED) is 0.868. The fourth-order valence-corrected chi connectivity index (χ4v) is 3.52. The Hall–Kier alpha value is -1.98. The Labute approximate surface area is 147 Å². The summed E-state index contributed by atoms with van der Waals surface area (Å²) in [6, 6.07) is 16.0. The summed E-state index contributed by atoms with van der Waals surface area (Å²) in [6.07, 6.45) is 2.03. The first kappa shape index (κ1) is 16.9. The van der Waals surface area contributed by atoms with E-state index in [4.69, 9.17) is 4.74 Å². The highest BCUT2D eigenvalue weighted by molar-refractivity contribution is 7.99. The molecule has 1 atom stereocenters. The molecule has 1 fully saturated rings. The Balaban J connectivity index is 1.57. The molecule has 2 aromatic rings. The predicted octanol–water partition coefficient (Wildman–Crippen LogP) is 3.78. The van der Waals surface area contributed by atoms with E-state index < -0.39 is 0 Å². The number of methoxy groups -OCH3 is 1. The number of ether oxygens (including phenoxy) is 1. The number of hydrogen-bond donors (Lipinski definition) is 2. The van der Waals surface area contributed by atoms with E-state index in [9.17, 15) is 4.79 Å². The van der Waals surface area contributed by atoms with Crippen LogP contribution in [0.1, 0.15) is 12.8 Å². The molecule has 0 saturated carbocycles. The lowest BCUT2D eigenvalue weighted by Gasteiger charge is -2.21. The minimum absolute atomic E-state index is 0.0760. The lowest BCUT2D eigenvalue weighted by atomic mass is 9.99. The molecule has 0 aliphatic carbocycles. The van der Waals surface area contributed by atoms with Crippen LogP contribution in [0.5, 0.6) is 5.75 Å². The van der Waals surface area contributed by atoms with Crippen molar-refractivity contribution in [1.29, 1.82) is 0 Å². The molecule has 3 rings (SSSR count). The van der Waals surface area contributed by atoms with E-state index in [1.54, 1.807) is 18.9 Å². The third-order valence-electron chi connectivity index (χ3n) is 4.08. The van der Waals surface area contributed by atoms with Crippen LogP contribution in [0.3, 0.4) is 0 Å². The van der Waals surface area contributed by atoms with Crippen molar-refractivity contribution in [2.24, 2.45) is 5.92 Å². The summed E-state index contributed by atoms with van der Waals surface area (Å²) in [5, 5.41) is 6.29. The number of amides is 1. The van der Waals surface area contributed by atoms with Crippen molar-refractivity contribution in [3.8, 4) is 5.75 Å². The van der Waals surface area contributed by atoms with E-state index >= 15 is 0 Å². The zero-order valence-corrected chi connectivity index (χ0v) is 14.6. The average molecular weight is 342 g/mol. The van der Waals surface area contributed by atoms with Crippen LogP contribution in [0.25, 0.3) is 0 Å². The first-order chi connectivity index (χ1) is 11.7. The second kappa shape index (κ2) is 8.22. The summed E-state index contributed by atoms with van der Waals surface area (Å²) in [4.78, 5) is 14.5. The summed E-state index contributed by atoms with van der Waals surface area (Å²) in [5.74, 6) is 1.04. The van der Waals surface area contributed by atoms with Crippen LogP contribution in [0.15, 0.2) is 58.3 Å². The maximum absolute atomic E-state index is 12.2. The molecule has 126 valence electrons. The van der Waals surface area contributed by atoms with Gasteiger partial charge in [-0.3, -0.25) is 4.79 Å². The SMILES string of the molecule is COc1ccc(Sc2ccc(NC(=O)C3CCCNC3)cc2)cc1. The van der Waals surface area contributed by atoms with Gasteiger partial charge in [0.25, 0.3) is 0 Å². The van der Waals surface area contributed by atoms with Crippen LogP contribution < -0.4 is 15.4 Å². The van der Waals surface area contributed by atoms with Crippen molar-refractivity contribution >= 4 is 23.4 Å². The van der Waals surface area contributed by atoms with Gasteiger partial charge < -0.3 is 15.4 Å². The van der Waals surface area contributed by atoms with Crippen molar-refractivity contribution in [3.05, 3.63) is 48.5 Å². The summed E-state index contributed by atoms with van der Waals surface area (Å²) in [6.45, 7) is 1.79. The molecule has 2 N–H and O–H groups in total. The second-order valence-electron chi connectivity index (χ2n) is 5.83. The van der Waals surface area contributed by atoms with E-state index in [-0.39, 0.29) is 11.8 Å². The number of benzene rings is 2. The van der Waals surface area contributed by atoms with Crippen LogP contribution in [0, 0.1) is 5.92 Å². The lowest BCUT2D eigenvalue weighted by molar-refractivity contribution is -0.120. The molecular weight excluding hydrogens is 320 g/mol. The molecule has 1 aliphatic heterocycles. The molecule has 1 amide bonds. The van der Waals surface area contributed by atoms with Gasteiger partial charge >= 0.3 is 0 Å². The molecule has 0 spiro atoms. The Morgan fingerprint density at radius 1 is 1.12 bits per heavy atom. The van der Waals surface area contributed by atoms with Gasteiger partial charge in [-0.1, -0.05) is 11.8 Å². The molecule has 24 heavy (non-hydrogen) atoms. The Bertz CT molecular complexity index is 665. The molecule has 0 bridgehead atoms. The molecule has 5 heteroatoms. The van der Waals surface area contributed by atoms with Gasteiger partial charge in [0.15, 0.2) is 0 Å². The van der Waals surface area contributed by atoms with Gasteiger partial charge in [-0.15, -0.1) is 0 Å². The minimum Gasteiger partial charge on any atom is -0.497 e. The normalized spacial score (nSPS) is 17.3. The largest absolute Gasteiger partial charge is 0.497 e. The van der Waals surface area contributed by atoms with E-state index in [0.29, 0.717) is 0 Å². The van der Waals surface area contributed by atoms with Gasteiger partial charge in [0.1, 0.15) is 5.75 Å².